The zero-order valence-corrected chi connectivity index (χ0v) is 21.5. The highest BCUT2D eigenvalue weighted by Gasteiger charge is 2.43. The number of fused-ring (bicyclic) bond motifs is 2. The van der Waals surface area contributed by atoms with Gasteiger partial charge in [-0.1, -0.05) is 35.8 Å². The molecule has 0 unspecified atom stereocenters. The van der Waals surface area contributed by atoms with Crippen LogP contribution in [0.2, 0.25) is 0 Å². The van der Waals surface area contributed by atoms with Crippen molar-refractivity contribution < 1.29 is 18.7 Å². The van der Waals surface area contributed by atoms with E-state index < -0.39 is 6.04 Å². The third-order valence-electron chi connectivity index (χ3n) is 6.28. The largest absolute Gasteiger partial charge is 0.493 e. The summed E-state index contributed by atoms with van der Waals surface area (Å²) in [5, 5.41) is 0.439. The molecule has 0 fully saturated rings. The van der Waals surface area contributed by atoms with E-state index in [1.807, 2.05) is 25.1 Å². The predicted octanol–water partition coefficient (Wildman–Crippen LogP) is 4.85. The lowest BCUT2D eigenvalue weighted by atomic mass is 9.98. The Hall–Kier alpha value is -2.84. The number of amides is 1. The molecule has 180 valence electrons. The molecule has 1 aliphatic rings. The Morgan fingerprint density at radius 3 is 2.50 bits per heavy atom. The van der Waals surface area contributed by atoms with E-state index in [-0.39, 0.29) is 17.1 Å². The molecule has 1 atom stereocenters. The molecular weight excluding hydrogens is 500 g/mol. The van der Waals surface area contributed by atoms with Gasteiger partial charge in [0.15, 0.2) is 16.9 Å². The van der Waals surface area contributed by atoms with Crippen LogP contribution in [0.5, 0.6) is 11.5 Å². The molecule has 2 aromatic carbocycles. The number of methoxy groups -OCH3 is 1. The van der Waals surface area contributed by atoms with Gasteiger partial charge in [-0.05, 0) is 55.9 Å². The van der Waals surface area contributed by atoms with E-state index >= 15 is 0 Å². The number of rotatable bonds is 9. The van der Waals surface area contributed by atoms with Crippen LogP contribution in [0, 0.1) is 0 Å². The average molecular weight is 529 g/mol. The van der Waals surface area contributed by atoms with Crippen LogP contribution in [-0.2, 0) is 0 Å². The van der Waals surface area contributed by atoms with E-state index in [0.29, 0.717) is 47.7 Å². The molecule has 34 heavy (non-hydrogen) atoms. The Labute approximate surface area is 207 Å². The SMILES string of the molecule is CCOc1ccc([C@H]2c3c(oc4ccc(Br)cc4c3=O)C(=O)N2CCN(CC)CC)cc1OC. The third-order valence-corrected chi connectivity index (χ3v) is 6.78. The number of halogens is 1. The first-order chi connectivity index (χ1) is 16.4. The summed E-state index contributed by atoms with van der Waals surface area (Å²) in [7, 11) is 1.58. The molecule has 4 rings (SSSR count). The normalized spacial score (nSPS) is 15.3. The van der Waals surface area contributed by atoms with Crippen LogP contribution < -0.4 is 14.9 Å². The average Bonchev–Trinajstić information content (AvgIpc) is 3.12. The first kappa shape index (κ1) is 24.3. The number of hydrogen-bond donors (Lipinski definition) is 0. The van der Waals surface area contributed by atoms with E-state index in [2.05, 4.69) is 34.7 Å². The molecule has 0 bridgehead atoms. The number of hydrogen-bond acceptors (Lipinski definition) is 6. The van der Waals surface area contributed by atoms with E-state index in [1.54, 1.807) is 30.2 Å². The molecule has 7 nitrogen and oxygen atoms in total. The fourth-order valence-electron chi connectivity index (χ4n) is 4.49. The van der Waals surface area contributed by atoms with Crippen molar-refractivity contribution in [3.8, 4) is 11.5 Å². The van der Waals surface area contributed by atoms with Crippen molar-refractivity contribution >= 4 is 32.8 Å². The second-order valence-corrected chi connectivity index (χ2v) is 9.00. The van der Waals surface area contributed by atoms with E-state index in [4.69, 9.17) is 13.9 Å². The smallest absolute Gasteiger partial charge is 0.290 e. The second kappa shape index (κ2) is 10.2. The van der Waals surface area contributed by atoms with Gasteiger partial charge in [0.05, 0.1) is 30.7 Å². The van der Waals surface area contributed by atoms with Crippen molar-refractivity contribution in [3.63, 3.8) is 0 Å². The Bertz CT molecular complexity index is 1270. The maximum absolute atomic E-state index is 13.7. The van der Waals surface area contributed by atoms with E-state index in [1.165, 1.54) is 0 Å². The van der Waals surface area contributed by atoms with Crippen LogP contribution in [0.3, 0.4) is 0 Å². The van der Waals surface area contributed by atoms with Crippen LogP contribution in [0.25, 0.3) is 11.0 Å². The number of likely N-dealkylation sites (N-methyl/N-ethyl adjacent to an activating group) is 1. The second-order valence-electron chi connectivity index (χ2n) is 8.09. The Morgan fingerprint density at radius 1 is 1.06 bits per heavy atom. The van der Waals surface area contributed by atoms with Gasteiger partial charge in [-0.2, -0.15) is 0 Å². The summed E-state index contributed by atoms with van der Waals surface area (Å²) in [6, 6.07) is 10.2. The first-order valence-corrected chi connectivity index (χ1v) is 12.3. The lowest BCUT2D eigenvalue weighted by molar-refractivity contribution is 0.0708. The number of carbonyl (C=O) groups excluding carboxylic acids is 1. The van der Waals surface area contributed by atoms with Gasteiger partial charge >= 0.3 is 0 Å². The monoisotopic (exact) mass is 528 g/mol. The van der Waals surface area contributed by atoms with Gasteiger partial charge < -0.3 is 23.7 Å². The van der Waals surface area contributed by atoms with Gasteiger partial charge in [-0.3, -0.25) is 9.59 Å². The summed E-state index contributed by atoms with van der Waals surface area (Å²) in [6.45, 7) is 9.50. The van der Waals surface area contributed by atoms with Crippen molar-refractivity contribution in [2.24, 2.45) is 0 Å². The topological polar surface area (TPSA) is 72.2 Å². The maximum atomic E-state index is 13.7. The molecule has 2 heterocycles. The van der Waals surface area contributed by atoms with Crippen LogP contribution in [0.4, 0.5) is 0 Å². The first-order valence-electron chi connectivity index (χ1n) is 11.5. The van der Waals surface area contributed by atoms with Gasteiger partial charge in [0, 0.05) is 17.6 Å². The molecule has 3 aromatic rings. The van der Waals surface area contributed by atoms with E-state index in [9.17, 15) is 9.59 Å². The van der Waals surface area contributed by atoms with Crippen molar-refractivity contribution in [2.45, 2.75) is 26.8 Å². The number of ether oxygens (including phenoxy) is 2. The summed E-state index contributed by atoms with van der Waals surface area (Å²) >= 11 is 3.44. The molecule has 1 amide bonds. The zero-order valence-electron chi connectivity index (χ0n) is 19.9. The molecule has 1 aliphatic heterocycles. The molecule has 0 N–H and O–H groups in total. The minimum absolute atomic E-state index is 0.109. The summed E-state index contributed by atoms with van der Waals surface area (Å²) in [4.78, 5) is 31.2. The Kier molecular flexibility index (Phi) is 7.28. The highest BCUT2D eigenvalue weighted by atomic mass is 79.9. The van der Waals surface area contributed by atoms with Gasteiger partial charge in [0.25, 0.3) is 5.91 Å². The van der Waals surface area contributed by atoms with Crippen molar-refractivity contribution in [3.05, 3.63) is 68.0 Å². The highest BCUT2D eigenvalue weighted by Crippen LogP contribution is 2.41. The Morgan fingerprint density at radius 2 is 1.82 bits per heavy atom. The van der Waals surface area contributed by atoms with Crippen molar-refractivity contribution in [1.29, 1.82) is 0 Å². The van der Waals surface area contributed by atoms with Crippen LogP contribution in [0.1, 0.15) is 48.5 Å². The van der Waals surface area contributed by atoms with Crippen molar-refractivity contribution in [1.82, 2.24) is 9.80 Å². The van der Waals surface area contributed by atoms with Gasteiger partial charge in [0.1, 0.15) is 5.58 Å². The molecule has 0 saturated heterocycles. The third kappa shape index (κ3) is 4.32. The fraction of sp³-hybridized carbons (Fsp3) is 0.385. The summed E-state index contributed by atoms with van der Waals surface area (Å²) in [5.41, 5.74) is 1.33. The molecule has 0 aliphatic carbocycles. The summed E-state index contributed by atoms with van der Waals surface area (Å²) in [5.74, 6) is 0.999. The highest BCUT2D eigenvalue weighted by molar-refractivity contribution is 9.10. The minimum Gasteiger partial charge on any atom is -0.493 e. The molecule has 8 heteroatoms. The quantitative estimate of drug-likeness (QED) is 0.395. The summed E-state index contributed by atoms with van der Waals surface area (Å²) < 4.78 is 18.0. The molecule has 0 spiro atoms. The fourth-order valence-corrected chi connectivity index (χ4v) is 4.85. The van der Waals surface area contributed by atoms with Crippen molar-refractivity contribution in [2.75, 3.05) is 39.9 Å². The molecule has 1 aromatic heterocycles. The number of carbonyl (C=O) groups is 1. The minimum atomic E-state index is -0.581. The van der Waals surface area contributed by atoms with E-state index in [0.717, 1.165) is 23.1 Å². The molecule has 0 saturated carbocycles. The standard InChI is InChI=1S/C26H29BrN2O5/c1-5-28(6-2)12-13-29-23(16-8-10-20(33-7-3)21(14-16)32-4)22-24(30)18-15-17(27)9-11-19(18)34-25(22)26(29)31/h8-11,14-15,23H,5-7,12-13H2,1-4H3/t23-/m0/s1. The molecular formula is C26H29BrN2O5. The van der Waals surface area contributed by atoms with Crippen LogP contribution >= 0.6 is 15.9 Å². The van der Waals surface area contributed by atoms with Crippen LogP contribution in [-0.4, -0.2) is 55.6 Å². The van der Waals surface area contributed by atoms with Gasteiger partial charge in [-0.25, -0.2) is 0 Å². The molecule has 0 radical (unpaired) electrons. The number of nitrogens with zero attached hydrogens (tertiary/aromatic N) is 2. The Balaban J connectivity index is 1.89. The lowest BCUT2D eigenvalue weighted by Crippen LogP contribution is -2.37. The number of benzene rings is 2. The maximum Gasteiger partial charge on any atom is 0.290 e. The van der Waals surface area contributed by atoms with Gasteiger partial charge in [0.2, 0.25) is 5.76 Å². The predicted molar refractivity (Wildman–Crippen MR) is 135 cm³/mol. The lowest BCUT2D eigenvalue weighted by Gasteiger charge is -2.28. The van der Waals surface area contributed by atoms with Gasteiger partial charge in [-0.15, -0.1) is 0 Å². The zero-order chi connectivity index (χ0) is 24.4. The summed E-state index contributed by atoms with van der Waals surface area (Å²) in [6.07, 6.45) is 0. The van der Waals surface area contributed by atoms with Crippen LogP contribution in [0.15, 0.2) is 50.1 Å².